The highest BCUT2D eigenvalue weighted by atomic mass is 32.2. The average molecular weight is 322 g/mol. The van der Waals surface area contributed by atoms with Gasteiger partial charge in [0.05, 0.1) is 5.25 Å². The van der Waals surface area contributed by atoms with Crippen molar-refractivity contribution in [1.29, 1.82) is 0 Å². The first-order valence-corrected chi connectivity index (χ1v) is 8.50. The third-order valence-electron chi connectivity index (χ3n) is 3.94. The molecule has 0 spiro atoms. The van der Waals surface area contributed by atoms with Gasteiger partial charge in [-0.2, -0.15) is 0 Å². The van der Waals surface area contributed by atoms with Crippen LogP contribution < -0.4 is 5.32 Å². The summed E-state index contributed by atoms with van der Waals surface area (Å²) in [5.41, 5.74) is 0.507. The molecular weight excluding hydrogens is 303 g/mol. The van der Waals surface area contributed by atoms with E-state index in [1.165, 1.54) is 17.8 Å². The number of hydrogen-bond acceptors (Lipinski definition) is 3. The number of nitrogens with zero attached hydrogens (tertiary/aromatic N) is 1. The Morgan fingerprint density at radius 2 is 2.14 bits per heavy atom. The number of carbonyl (C=O) groups is 2. The van der Waals surface area contributed by atoms with Crippen LogP contribution in [0.1, 0.15) is 37.1 Å². The van der Waals surface area contributed by atoms with Crippen LogP contribution in [-0.2, 0) is 9.59 Å². The fourth-order valence-corrected chi connectivity index (χ4v) is 3.90. The molecule has 22 heavy (non-hydrogen) atoms. The lowest BCUT2D eigenvalue weighted by Crippen LogP contribution is -2.35. The minimum absolute atomic E-state index is 0.0301. The van der Waals surface area contributed by atoms with Crippen molar-refractivity contribution in [3.63, 3.8) is 0 Å². The van der Waals surface area contributed by atoms with Gasteiger partial charge >= 0.3 is 0 Å². The second kappa shape index (κ2) is 6.28. The van der Waals surface area contributed by atoms with Gasteiger partial charge in [-0.25, -0.2) is 4.39 Å². The molecule has 1 aliphatic heterocycles. The zero-order valence-corrected chi connectivity index (χ0v) is 13.2. The maximum absolute atomic E-state index is 14.0. The summed E-state index contributed by atoms with van der Waals surface area (Å²) in [6, 6.07) is 6.83. The van der Waals surface area contributed by atoms with Crippen LogP contribution in [0, 0.1) is 5.82 Å². The lowest BCUT2D eigenvalue weighted by Gasteiger charge is -2.24. The van der Waals surface area contributed by atoms with Crippen LogP contribution in [-0.4, -0.2) is 34.6 Å². The number of nitrogens with one attached hydrogen (secondary N) is 1. The molecule has 1 aromatic rings. The average Bonchev–Trinajstić information content (AvgIpc) is 3.25. The molecule has 2 amide bonds. The van der Waals surface area contributed by atoms with Gasteiger partial charge in [0, 0.05) is 24.6 Å². The minimum Gasteiger partial charge on any atom is -0.353 e. The predicted octanol–water partition coefficient (Wildman–Crippen LogP) is 2.46. The van der Waals surface area contributed by atoms with Crippen LogP contribution in [0.4, 0.5) is 4.39 Å². The predicted molar refractivity (Wildman–Crippen MR) is 83.7 cm³/mol. The quantitative estimate of drug-likeness (QED) is 0.906. The van der Waals surface area contributed by atoms with E-state index in [9.17, 15) is 14.0 Å². The van der Waals surface area contributed by atoms with Gasteiger partial charge in [0.25, 0.3) is 0 Å². The van der Waals surface area contributed by atoms with E-state index in [0.29, 0.717) is 18.2 Å². The van der Waals surface area contributed by atoms with Crippen molar-refractivity contribution in [2.45, 2.75) is 42.9 Å². The second-order valence-electron chi connectivity index (χ2n) is 5.78. The van der Waals surface area contributed by atoms with Crippen LogP contribution in [0.15, 0.2) is 24.3 Å². The van der Waals surface area contributed by atoms with E-state index in [1.54, 1.807) is 23.1 Å². The van der Waals surface area contributed by atoms with Crippen LogP contribution >= 0.6 is 11.8 Å². The van der Waals surface area contributed by atoms with E-state index in [2.05, 4.69) is 5.32 Å². The van der Waals surface area contributed by atoms with Gasteiger partial charge in [-0.3, -0.25) is 9.59 Å². The molecule has 2 atom stereocenters. The highest BCUT2D eigenvalue weighted by Crippen LogP contribution is 2.43. The molecule has 0 unspecified atom stereocenters. The third kappa shape index (κ3) is 3.27. The van der Waals surface area contributed by atoms with Gasteiger partial charge < -0.3 is 10.2 Å². The topological polar surface area (TPSA) is 49.4 Å². The summed E-state index contributed by atoms with van der Waals surface area (Å²) in [4.78, 5) is 25.7. The molecule has 1 heterocycles. The smallest absolute Gasteiger partial charge is 0.236 e. The molecule has 0 radical (unpaired) electrons. The first kappa shape index (κ1) is 15.3. The standard InChI is InChI=1S/C16H19FN2O2S/c1-10-15(21)19(9-8-14(20)18-11-6-7-11)16(22-10)12-4-2-3-5-13(12)17/h2-5,10-11,16H,6-9H2,1H3,(H,18,20)/t10-,16+/m1/s1. The van der Waals surface area contributed by atoms with Crippen molar-refractivity contribution in [2.24, 2.45) is 0 Å². The Hall–Kier alpha value is -1.56. The Bertz CT molecular complexity index is 591. The molecule has 0 aromatic heterocycles. The molecule has 1 aromatic carbocycles. The van der Waals surface area contributed by atoms with Crippen molar-refractivity contribution in [3.05, 3.63) is 35.6 Å². The molecular formula is C16H19FN2O2S. The maximum atomic E-state index is 14.0. The first-order valence-electron chi connectivity index (χ1n) is 7.56. The van der Waals surface area contributed by atoms with Crippen LogP contribution in [0.25, 0.3) is 0 Å². The van der Waals surface area contributed by atoms with Gasteiger partial charge in [0.15, 0.2) is 0 Å². The largest absolute Gasteiger partial charge is 0.353 e. The summed E-state index contributed by atoms with van der Waals surface area (Å²) in [6.07, 6.45) is 2.35. The monoisotopic (exact) mass is 322 g/mol. The van der Waals surface area contributed by atoms with E-state index in [1.807, 2.05) is 6.92 Å². The summed E-state index contributed by atoms with van der Waals surface area (Å²) in [6.45, 7) is 2.15. The number of amides is 2. The molecule has 6 heteroatoms. The summed E-state index contributed by atoms with van der Waals surface area (Å²) in [5.74, 6) is -0.376. The molecule has 118 valence electrons. The van der Waals surface area contributed by atoms with Gasteiger partial charge in [0.1, 0.15) is 11.2 Å². The van der Waals surface area contributed by atoms with Gasteiger partial charge in [-0.05, 0) is 25.8 Å². The Labute approximate surface area is 133 Å². The number of rotatable bonds is 5. The van der Waals surface area contributed by atoms with E-state index >= 15 is 0 Å². The summed E-state index contributed by atoms with van der Waals surface area (Å²) in [5, 5.41) is 2.35. The van der Waals surface area contributed by atoms with Crippen molar-refractivity contribution in [2.75, 3.05) is 6.54 Å². The van der Waals surface area contributed by atoms with Gasteiger partial charge in [-0.1, -0.05) is 18.2 Å². The van der Waals surface area contributed by atoms with Crippen molar-refractivity contribution < 1.29 is 14.0 Å². The van der Waals surface area contributed by atoms with Crippen molar-refractivity contribution >= 4 is 23.6 Å². The second-order valence-corrected chi connectivity index (χ2v) is 7.20. The SMILES string of the molecule is C[C@H]1S[C@@H](c2ccccc2F)N(CCC(=O)NC2CC2)C1=O. The molecule has 1 saturated heterocycles. The van der Waals surface area contributed by atoms with E-state index in [-0.39, 0.29) is 34.7 Å². The Morgan fingerprint density at radius 1 is 1.41 bits per heavy atom. The highest BCUT2D eigenvalue weighted by Gasteiger charge is 2.39. The summed E-state index contributed by atoms with van der Waals surface area (Å²) < 4.78 is 14.0. The number of hydrogen-bond donors (Lipinski definition) is 1. The first-order chi connectivity index (χ1) is 10.6. The van der Waals surface area contributed by atoms with Gasteiger partial charge in [0.2, 0.25) is 11.8 Å². The number of carbonyl (C=O) groups excluding carboxylic acids is 2. The molecule has 2 fully saturated rings. The summed E-state index contributed by atoms with van der Waals surface area (Å²) >= 11 is 1.43. The Balaban J connectivity index is 1.69. The van der Waals surface area contributed by atoms with E-state index < -0.39 is 0 Å². The maximum Gasteiger partial charge on any atom is 0.236 e. The zero-order chi connectivity index (χ0) is 15.7. The van der Waals surface area contributed by atoms with Crippen LogP contribution in [0.5, 0.6) is 0 Å². The molecule has 3 rings (SSSR count). The van der Waals surface area contributed by atoms with Gasteiger partial charge in [-0.15, -0.1) is 11.8 Å². The third-order valence-corrected chi connectivity index (χ3v) is 5.32. The summed E-state index contributed by atoms with van der Waals surface area (Å²) in [7, 11) is 0. The Morgan fingerprint density at radius 3 is 2.82 bits per heavy atom. The minimum atomic E-state index is -0.350. The number of thioether (sulfide) groups is 1. The number of halogens is 1. The van der Waals surface area contributed by atoms with E-state index in [4.69, 9.17) is 0 Å². The fourth-order valence-electron chi connectivity index (χ4n) is 2.57. The molecule has 1 saturated carbocycles. The number of benzene rings is 1. The van der Waals surface area contributed by atoms with Crippen LogP contribution in [0.2, 0.25) is 0 Å². The van der Waals surface area contributed by atoms with E-state index in [0.717, 1.165) is 12.8 Å². The normalized spacial score (nSPS) is 24.6. The Kier molecular flexibility index (Phi) is 4.38. The lowest BCUT2D eigenvalue weighted by atomic mass is 10.2. The molecule has 4 nitrogen and oxygen atoms in total. The zero-order valence-electron chi connectivity index (χ0n) is 12.4. The van der Waals surface area contributed by atoms with Crippen LogP contribution in [0.3, 0.4) is 0 Å². The van der Waals surface area contributed by atoms with Crippen molar-refractivity contribution in [3.8, 4) is 0 Å². The molecule has 2 aliphatic rings. The molecule has 1 aliphatic carbocycles. The molecule has 1 N–H and O–H groups in total. The fraction of sp³-hybridized carbons (Fsp3) is 0.500. The van der Waals surface area contributed by atoms with Crippen molar-refractivity contribution in [1.82, 2.24) is 10.2 Å². The highest BCUT2D eigenvalue weighted by molar-refractivity contribution is 8.01. The molecule has 0 bridgehead atoms. The lowest BCUT2D eigenvalue weighted by molar-refractivity contribution is -0.130.